The molecule has 2 fully saturated rings. The number of rotatable bonds is 5. The van der Waals surface area contributed by atoms with E-state index in [9.17, 15) is 0 Å². The van der Waals surface area contributed by atoms with Crippen molar-refractivity contribution >= 4 is 5.96 Å². The van der Waals surface area contributed by atoms with Crippen molar-refractivity contribution in [2.75, 3.05) is 48.0 Å². The molecule has 140 valence electrons. The molecule has 2 N–H and O–H groups in total. The summed E-state index contributed by atoms with van der Waals surface area (Å²) in [5, 5.41) is 7.13. The Balaban J connectivity index is 1.94. The minimum absolute atomic E-state index is 0.0667. The molecule has 0 spiro atoms. The second-order valence-corrected chi connectivity index (χ2v) is 8.21. The number of methoxy groups -OCH3 is 1. The van der Waals surface area contributed by atoms with Gasteiger partial charge >= 0.3 is 0 Å². The highest BCUT2D eigenvalue weighted by atomic mass is 16.5. The Morgan fingerprint density at radius 3 is 2.33 bits per heavy atom. The third-order valence-corrected chi connectivity index (χ3v) is 6.77. The number of likely N-dealkylation sites (N-methyl/N-ethyl adjacent to an activating group) is 1. The van der Waals surface area contributed by atoms with E-state index in [0.717, 1.165) is 45.0 Å². The number of aliphatic imine (C=N–C) groups is 1. The number of ether oxygens (including phenoxy) is 2. The lowest BCUT2D eigenvalue weighted by molar-refractivity contribution is -0.176. The monoisotopic (exact) mass is 340 g/mol. The number of guanidine groups is 1. The van der Waals surface area contributed by atoms with Crippen LogP contribution in [0.3, 0.4) is 0 Å². The van der Waals surface area contributed by atoms with E-state index in [0.29, 0.717) is 6.04 Å². The highest BCUT2D eigenvalue weighted by Gasteiger charge is 2.58. The second kappa shape index (κ2) is 7.18. The minimum Gasteiger partial charge on any atom is -0.381 e. The molecule has 6 heteroatoms. The first-order valence-electron chi connectivity index (χ1n) is 8.98. The molecular weight excluding hydrogens is 304 g/mol. The summed E-state index contributed by atoms with van der Waals surface area (Å²) in [4.78, 5) is 6.75. The lowest BCUT2D eigenvalue weighted by Crippen LogP contribution is -2.70. The fourth-order valence-electron chi connectivity index (χ4n) is 3.86. The maximum Gasteiger partial charge on any atom is 0.191 e. The Bertz CT molecular complexity index is 458. The summed E-state index contributed by atoms with van der Waals surface area (Å²) in [6.45, 7) is 9.22. The smallest absolute Gasteiger partial charge is 0.191 e. The quantitative estimate of drug-likeness (QED) is 0.586. The van der Waals surface area contributed by atoms with Gasteiger partial charge in [0.05, 0.1) is 5.60 Å². The van der Waals surface area contributed by atoms with Crippen LogP contribution in [-0.2, 0) is 9.47 Å². The third kappa shape index (κ3) is 3.41. The van der Waals surface area contributed by atoms with E-state index in [1.807, 2.05) is 7.05 Å². The lowest BCUT2D eigenvalue weighted by Gasteiger charge is -2.59. The van der Waals surface area contributed by atoms with Crippen molar-refractivity contribution in [2.45, 2.75) is 57.2 Å². The molecule has 0 amide bonds. The van der Waals surface area contributed by atoms with Crippen LogP contribution in [-0.4, -0.2) is 76.1 Å². The maximum absolute atomic E-state index is 5.72. The summed E-state index contributed by atoms with van der Waals surface area (Å²) >= 11 is 0. The van der Waals surface area contributed by atoms with Crippen LogP contribution in [0.2, 0.25) is 0 Å². The van der Waals surface area contributed by atoms with Gasteiger partial charge in [0.25, 0.3) is 0 Å². The molecule has 2 unspecified atom stereocenters. The summed E-state index contributed by atoms with van der Waals surface area (Å²) in [6.07, 6.45) is 3.07. The molecule has 2 aliphatic rings. The fourth-order valence-corrected chi connectivity index (χ4v) is 3.86. The largest absolute Gasteiger partial charge is 0.381 e. The van der Waals surface area contributed by atoms with Crippen LogP contribution < -0.4 is 10.6 Å². The van der Waals surface area contributed by atoms with Crippen molar-refractivity contribution in [1.82, 2.24) is 15.5 Å². The first-order chi connectivity index (χ1) is 11.2. The molecule has 1 aliphatic carbocycles. The number of nitrogens with zero attached hydrogens (tertiary/aromatic N) is 2. The molecular formula is C18H36N4O2. The van der Waals surface area contributed by atoms with Gasteiger partial charge in [0.2, 0.25) is 0 Å². The first-order valence-corrected chi connectivity index (χ1v) is 8.98. The zero-order valence-corrected chi connectivity index (χ0v) is 16.5. The van der Waals surface area contributed by atoms with Gasteiger partial charge in [-0.3, -0.25) is 4.99 Å². The van der Waals surface area contributed by atoms with E-state index in [2.05, 4.69) is 55.4 Å². The normalized spacial score (nSPS) is 32.3. The van der Waals surface area contributed by atoms with Crippen molar-refractivity contribution in [3.05, 3.63) is 0 Å². The topological polar surface area (TPSA) is 58.1 Å². The minimum atomic E-state index is -0.0743. The Labute approximate surface area is 147 Å². The highest BCUT2D eigenvalue weighted by molar-refractivity contribution is 5.80. The van der Waals surface area contributed by atoms with Gasteiger partial charge in [-0.25, -0.2) is 0 Å². The molecule has 2 atom stereocenters. The molecule has 2 rings (SSSR count). The van der Waals surface area contributed by atoms with Crippen LogP contribution >= 0.6 is 0 Å². The van der Waals surface area contributed by atoms with Gasteiger partial charge < -0.3 is 25.0 Å². The Hall–Kier alpha value is -0.850. The zero-order chi connectivity index (χ0) is 18.0. The van der Waals surface area contributed by atoms with E-state index >= 15 is 0 Å². The molecule has 0 aromatic carbocycles. The van der Waals surface area contributed by atoms with Crippen molar-refractivity contribution in [2.24, 2.45) is 10.4 Å². The average Bonchev–Trinajstić information content (AvgIpc) is 2.57. The summed E-state index contributed by atoms with van der Waals surface area (Å²) in [7, 11) is 7.95. The van der Waals surface area contributed by atoms with E-state index in [-0.39, 0.29) is 16.6 Å². The van der Waals surface area contributed by atoms with E-state index in [4.69, 9.17) is 9.47 Å². The van der Waals surface area contributed by atoms with E-state index < -0.39 is 0 Å². The fraction of sp³-hybridized carbons (Fsp3) is 0.944. The molecule has 1 aliphatic heterocycles. The van der Waals surface area contributed by atoms with Gasteiger partial charge in [-0.1, -0.05) is 13.8 Å². The van der Waals surface area contributed by atoms with Crippen LogP contribution in [0.25, 0.3) is 0 Å². The molecule has 24 heavy (non-hydrogen) atoms. The summed E-state index contributed by atoms with van der Waals surface area (Å²) in [6, 6.07) is 0.360. The predicted molar refractivity (Wildman–Crippen MR) is 98.6 cm³/mol. The first kappa shape index (κ1) is 19.5. The van der Waals surface area contributed by atoms with Crippen molar-refractivity contribution in [3.8, 4) is 0 Å². The van der Waals surface area contributed by atoms with Gasteiger partial charge in [0, 0.05) is 50.9 Å². The molecule has 1 heterocycles. The summed E-state index contributed by atoms with van der Waals surface area (Å²) in [5.41, 5.74) is 0.123. The van der Waals surface area contributed by atoms with Crippen LogP contribution in [0, 0.1) is 5.41 Å². The predicted octanol–water partition coefficient (Wildman–Crippen LogP) is 1.47. The summed E-state index contributed by atoms with van der Waals surface area (Å²) in [5.74, 6) is 0.874. The molecule has 6 nitrogen and oxygen atoms in total. The Morgan fingerprint density at radius 1 is 1.25 bits per heavy atom. The average molecular weight is 341 g/mol. The Kier molecular flexibility index (Phi) is 5.83. The van der Waals surface area contributed by atoms with Crippen LogP contribution in [0.4, 0.5) is 0 Å². The van der Waals surface area contributed by atoms with E-state index in [1.165, 1.54) is 0 Å². The number of hydrogen-bond donors (Lipinski definition) is 2. The van der Waals surface area contributed by atoms with E-state index in [1.54, 1.807) is 7.11 Å². The van der Waals surface area contributed by atoms with Crippen molar-refractivity contribution in [1.29, 1.82) is 0 Å². The molecule has 0 aromatic heterocycles. The summed E-state index contributed by atoms with van der Waals surface area (Å²) < 4.78 is 11.3. The lowest BCUT2D eigenvalue weighted by atomic mass is 9.56. The van der Waals surface area contributed by atoms with Crippen LogP contribution in [0.5, 0.6) is 0 Å². The molecule has 0 radical (unpaired) electrons. The van der Waals surface area contributed by atoms with Gasteiger partial charge in [0.15, 0.2) is 5.96 Å². The molecule has 0 bridgehead atoms. The Morgan fingerprint density at radius 2 is 1.88 bits per heavy atom. The van der Waals surface area contributed by atoms with Gasteiger partial charge in [-0.15, -0.1) is 0 Å². The standard InChI is InChI=1S/C18H36N4O2/c1-16(2)14(12-17(16,3)23-7)21-15(19-4)20-13-18(22(5)6)8-10-24-11-9-18/h14H,8-13H2,1-7H3,(H2,19,20,21). The van der Waals surface area contributed by atoms with Crippen LogP contribution in [0.1, 0.15) is 40.0 Å². The van der Waals surface area contributed by atoms with Crippen molar-refractivity contribution in [3.63, 3.8) is 0 Å². The number of nitrogens with one attached hydrogen (secondary N) is 2. The third-order valence-electron chi connectivity index (χ3n) is 6.77. The second-order valence-electron chi connectivity index (χ2n) is 8.21. The maximum atomic E-state index is 5.72. The van der Waals surface area contributed by atoms with Gasteiger partial charge in [0.1, 0.15) is 0 Å². The molecule has 1 saturated carbocycles. The molecule has 1 saturated heterocycles. The SMILES string of the molecule is CN=C(NCC1(N(C)C)CCOCC1)NC1CC(C)(OC)C1(C)C. The molecule has 0 aromatic rings. The number of hydrogen-bond acceptors (Lipinski definition) is 4. The zero-order valence-electron chi connectivity index (χ0n) is 16.5. The van der Waals surface area contributed by atoms with Crippen molar-refractivity contribution < 1.29 is 9.47 Å². The highest BCUT2D eigenvalue weighted by Crippen LogP contribution is 2.51. The van der Waals surface area contributed by atoms with Gasteiger partial charge in [-0.05, 0) is 40.3 Å². The van der Waals surface area contributed by atoms with Crippen LogP contribution in [0.15, 0.2) is 4.99 Å². The van der Waals surface area contributed by atoms with Gasteiger partial charge in [-0.2, -0.15) is 0 Å².